The van der Waals surface area contributed by atoms with Crippen LogP contribution in [0.4, 0.5) is 5.69 Å². The summed E-state index contributed by atoms with van der Waals surface area (Å²) in [5, 5.41) is 12.3. The van der Waals surface area contributed by atoms with E-state index in [1.54, 1.807) is 42.5 Å². The summed E-state index contributed by atoms with van der Waals surface area (Å²) in [5.41, 5.74) is 2.17. The molecule has 1 amide bonds. The standard InChI is InChI=1S/C18H17NO3/c1-2-13-8-10-15(11-9-13)19-18(22)17(21)12-16(20)14-6-4-3-5-7-14/h3-12,20H,2H2,1H3,(H,19,22)/b16-12-. The van der Waals surface area contributed by atoms with Crippen LogP contribution in [0, 0.1) is 0 Å². The van der Waals surface area contributed by atoms with Gasteiger partial charge in [-0.1, -0.05) is 49.4 Å². The highest BCUT2D eigenvalue weighted by molar-refractivity contribution is 6.45. The molecule has 0 saturated heterocycles. The van der Waals surface area contributed by atoms with Crippen LogP contribution in [0.2, 0.25) is 0 Å². The van der Waals surface area contributed by atoms with E-state index >= 15 is 0 Å². The summed E-state index contributed by atoms with van der Waals surface area (Å²) >= 11 is 0. The fourth-order valence-corrected chi connectivity index (χ4v) is 1.90. The number of anilines is 1. The number of hydrogen-bond acceptors (Lipinski definition) is 3. The molecule has 0 heterocycles. The van der Waals surface area contributed by atoms with Gasteiger partial charge >= 0.3 is 0 Å². The van der Waals surface area contributed by atoms with E-state index in [9.17, 15) is 14.7 Å². The van der Waals surface area contributed by atoms with Gasteiger partial charge in [0.1, 0.15) is 5.76 Å². The molecule has 0 unspecified atom stereocenters. The van der Waals surface area contributed by atoms with Crippen molar-refractivity contribution in [1.82, 2.24) is 0 Å². The molecule has 22 heavy (non-hydrogen) atoms. The molecule has 2 rings (SSSR count). The third kappa shape index (κ3) is 4.06. The number of carbonyl (C=O) groups is 2. The van der Waals surface area contributed by atoms with Crippen LogP contribution < -0.4 is 5.32 Å². The summed E-state index contributed by atoms with van der Waals surface area (Å²) in [4.78, 5) is 23.6. The second kappa shape index (κ2) is 7.22. The maximum Gasteiger partial charge on any atom is 0.296 e. The molecule has 0 aliphatic carbocycles. The van der Waals surface area contributed by atoms with E-state index in [2.05, 4.69) is 5.32 Å². The van der Waals surface area contributed by atoms with E-state index in [1.165, 1.54) is 0 Å². The lowest BCUT2D eigenvalue weighted by Gasteiger charge is -2.04. The number of aliphatic hydroxyl groups excluding tert-OH is 1. The Hall–Kier alpha value is -2.88. The molecule has 0 saturated carbocycles. The molecule has 0 bridgehead atoms. The minimum absolute atomic E-state index is 0.234. The second-order valence-corrected chi connectivity index (χ2v) is 4.76. The van der Waals surface area contributed by atoms with Gasteiger partial charge in [-0.2, -0.15) is 0 Å². The van der Waals surface area contributed by atoms with E-state index in [1.807, 2.05) is 19.1 Å². The SMILES string of the molecule is CCc1ccc(NC(=O)C(=O)/C=C(\O)c2ccccc2)cc1. The fourth-order valence-electron chi connectivity index (χ4n) is 1.90. The van der Waals surface area contributed by atoms with Gasteiger partial charge in [0, 0.05) is 17.3 Å². The van der Waals surface area contributed by atoms with Crippen molar-refractivity contribution in [3.63, 3.8) is 0 Å². The van der Waals surface area contributed by atoms with Crippen LogP contribution in [0.15, 0.2) is 60.7 Å². The zero-order valence-corrected chi connectivity index (χ0v) is 12.2. The van der Waals surface area contributed by atoms with Gasteiger partial charge in [0.15, 0.2) is 0 Å². The first-order chi connectivity index (χ1) is 10.6. The van der Waals surface area contributed by atoms with Gasteiger partial charge in [-0.25, -0.2) is 0 Å². The van der Waals surface area contributed by atoms with Crippen LogP contribution in [0.5, 0.6) is 0 Å². The van der Waals surface area contributed by atoms with Gasteiger partial charge in [0.05, 0.1) is 0 Å². The van der Waals surface area contributed by atoms with Crippen molar-refractivity contribution in [3.05, 3.63) is 71.8 Å². The van der Waals surface area contributed by atoms with Crippen LogP contribution in [0.1, 0.15) is 18.1 Å². The Kier molecular flexibility index (Phi) is 5.09. The molecule has 0 aliphatic heterocycles. The molecule has 2 N–H and O–H groups in total. The lowest BCUT2D eigenvalue weighted by atomic mass is 10.1. The molecule has 0 atom stereocenters. The monoisotopic (exact) mass is 295 g/mol. The third-order valence-corrected chi connectivity index (χ3v) is 3.18. The number of ketones is 1. The zero-order chi connectivity index (χ0) is 15.9. The Morgan fingerprint density at radius 2 is 1.68 bits per heavy atom. The number of aryl methyl sites for hydroxylation is 1. The van der Waals surface area contributed by atoms with Gasteiger partial charge in [-0.15, -0.1) is 0 Å². The minimum Gasteiger partial charge on any atom is -0.507 e. The highest BCUT2D eigenvalue weighted by atomic mass is 16.3. The number of amides is 1. The first-order valence-electron chi connectivity index (χ1n) is 7.00. The molecule has 4 heteroatoms. The van der Waals surface area contributed by atoms with Gasteiger partial charge in [0.2, 0.25) is 5.78 Å². The number of aliphatic hydroxyl groups is 1. The average molecular weight is 295 g/mol. The van der Waals surface area contributed by atoms with Crippen molar-refractivity contribution in [2.75, 3.05) is 5.32 Å². The minimum atomic E-state index is -0.805. The molecular weight excluding hydrogens is 278 g/mol. The summed E-state index contributed by atoms with van der Waals surface area (Å²) in [6.45, 7) is 2.04. The predicted octanol–water partition coefficient (Wildman–Crippen LogP) is 3.36. The Balaban J connectivity index is 2.04. The van der Waals surface area contributed by atoms with Crippen molar-refractivity contribution in [2.24, 2.45) is 0 Å². The summed E-state index contributed by atoms with van der Waals surface area (Å²) in [6, 6.07) is 15.8. The summed E-state index contributed by atoms with van der Waals surface area (Å²) in [5.74, 6) is -1.82. The van der Waals surface area contributed by atoms with E-state index in [0.717, 1.165) is 18.1 Å². The number of hydrogen-bond donors (Lipinski definition) is 2. The van der Waals surface area contributed by atoms with Crippen LogP contribution >= 0.6 is 0 Å². The molecule has 0 aliphatic rings. The van der Waals surface area contributed by atoms with Crippen LogP contribution in [-0.2, 0) is 16.0 Å². The van der Waals surface area contributed by atoms with E-state index in [4.69, 9.17) is 0 Å². The molecule has 0 fully saturated rings. The fraction of sp³-hybridized carbons (Fsp3) is 0.111. The van der Waals surface area contributed by atoms with Gasteiger partial charge < -0.3 is 10.4 Å². The Bertz CT molecular complexity index is 688. The molecular formula is C18H17NO3. The number of rotatable bonds is 5. The third-order valence-electron chi connectivity index (χ3n) is 3.18. The highest BCUT2D eigenvalue weighted by Gasteiger charge is 2.13. The van der Waals surface area contributed by atoms with Crippen molar-refractivity contribution in [3.8, 4) is 0 Å². The average Bonchev–Trinajstić information content (AvgIpc) is 2.56. The number of carbonyl (C=O) groups excluding carboxylic acids is 2. The van der Waals surface area contributed by atoms with Gasteiger partial charge in [-0.3, -0.25) is 9.59 Å². The van der Waals surface area contributed by atoms with Crippen molar-refractivity contribution < 1.29 is 14.7 Å². The Labute approximate surface area is 129 Å². The molecule has 0 radical (unpaired) electrons. The van der Waals surface area contributed by atoms with Crippen LogP contribution in [0.25, 0.3) is 5.76 Å². The first-order valence-corrected chi connectivity index (χ1v) is 7.00. The molecule has 2 aromatic rings. The van der Waals surface area contributed by atoms with E-state index in [-0.39, 0.29) is 5.76 Å². The number of benzene rings is 2. The molecule has 0 spiro atoms. The number of nitrogens with one attached hydrogen (secondary N) is 1. The highest BCUT2D eigenvalue weighted by Crippen LogP contribution is 2.12. The Morgan fingerprint density at radius 1 is 1.05 bits per heavy atom. The lowest BCUT2D eigenvalue weighted by molar-refractivity contribution is -0.131. The molecule has 2 aromatic carbocycles. The van der Waals surface area contributed by atoms with Gasteiger partial charge in [-0.05, 0) is 24.1 Å². The zero-order valence-electron chi connectivity index (χ0n) is 12.2. The van der Waals surface area contributed by atoms with E-state index < -0.39 is 11.7 Å². The van der Waals surface area contributed by atoms with E-state index in [0.29, 0.717) is 11.3 Å². The molecule has 112 valence electrons. The van der Waals surface area contributed by atoms with Crippen molar-refractivity contribution in [2.45, 2.75) is 13.3 Å². The lowest BCUT2D eigenvalue weighted by Crippen LogP contribution is -2.21. The topological polar surface area (TPSA) is 66.4 Å². The maximum atomic E-state index is 11.8. The maximum absolute atomic E-state index is 11.8. The van der Waals surface area contributed by atoms with Crippen molar-refractivity contribution in [1.29, 1.82) is 0 Å². The summed E-state index contributed by atoms with van der Waals surface area (Å²) in [7, 11) is 0. The second-order valence-electron chi connectivity index (χ2n) is 4.76. The molecule has 4 nitrogen and oxygen atoms in total. The molecule has 0 aromatic heterocycles. The Morgan fingerprint density at radius 3 is 2.27 bits per heavy atom. The predicted molar refractivity (Wildman–Crippen MR) is 86.5 cm³/mol. The smallest absolute Gasteiger partial charge is 0.296 e. The van der Waals surface area contributed by atoms with Crippen LogP contribution in [-0.4, -0.2) is 16.8 Å². The van der Waals surface area contributed by atoms with Gasteiger partial charge in [0.25, 0.3) is 5.91 Å². The van der Waals surface area contributed by atoms with Crippen LogP contribution in [0.3, 0.4) is 0 Å². The van der Waals surface area contributed by atoms with Crippen molar-refractivity contribution >= 4 is 23.1 Å². The summed E-state index contributed by atoms with van der Waals surface area (Å²) < 4.78 is 0. The quantitative estimate of drug-likeness (QED) is 0.505. The largest absolute Gasteiger partial charge is 0.507 e. The summed E-state index contributed by atoms with van der Waals surface area (Å²) in [6.07, 6.45) is 1.83. The normalized spacial score (nSPS) is 11.0. The first kappa shape index (κ1) is 15.5.